The fraction of sp³-hybridized carbons (Fsp3) is 0.0588. The molecule has 9 nitrogen and oxygen atoms in total. The minimum absolute atomic E-state index is 0.0713. The van der Waals surface area contributed by atoms with Gasteiger partial charge in [-0.25, -0.2) is 18.5 Å². The van der Waals surface area contributed by atoms with E-state index in [0.29, 0.717) is 0 Å². The van der Waals surface area contributed by atoms with E-state index in [0.717, 1.165) is 0 Å². The molecule has 0 bridgehead atoms. The van der Waals surface area contributed by atoms with Gasteiger partial charge >= 0.3 is 0 Å². The lowest BCUT2D eigenvalue weighted by Gasteiger charge is -2.04. The number of rotatable bonds is 4. The number of hydrogen-bond donors (Lipinski definition) is 2. The van der Waals surface area contributed by atoms with Crippen LogP contribution < -0.4 is 5.14 Å². The van der Waals surface area contributed by atoms with Crippen molar-refractivity contribution in [3.8, 4) is 0 Å². The summed E-state index contributed by atoms with van der Waals surface area (Å²) in [7, 11) is -3.87. The first-order valence-corrected chi connectivity index (χ1v) is 9.10. The summed E-state index contributed by atoms with van der Waals surface area (Å²) in [6, 6.07) is 9.38. The van der Waals surface area contributed by atoms with Crippen molar-refractivity contribution in [3.05, 3.63) is 69.3 Å². The molecule has 2 aromatic rings. The molecule has 1 aliphatic rings. The molecule has 3 rings (SSSR count). The molecule has 0 heterocycles. The molecule has 138 valence electrons. The summed E-state index contributed by atoms with van der Waals surface area (Å²) in [6.07, 6.45) is 0. The predicted octanol–water partition coefficient (Wildman–Crippen LogP) is 2.23. The van der Waals surface area contributed by atoms with Crippen LogP contribution in [0.25, 0.3) is 5.76 Å². The highest BCUT2D eigenvalue weighted by molar-refractivity contribution is 7.89. The van der Waals surface area contributed by atoms with Gasteiger partial charge in [-0.2, -0.15) is 0 Å². The van der Waals surface area contributed by atoms with Crippen LogP contribution in [0.3, 0.4) is 0 Å². The van der Waals surface area contributed by atoms with Gasteiger partial charge in [0.05, 0.1) is 26.8 Å². The SMILES string of the molecule is CC(=O)C1=C(O)c2c(cccc2[N+](=O)[O-])C1=Nc1ccc(S(N)(=O)=O)cc1. The van der Waals surface area contributed by atoms with Crippen molar-refractivity contribution < 1.29 is 23.2 Å². The summed E-state index contributed by atoms with van der Waals surface area (Å²) in [5.41, 5.74) is 0.0220. The van der Waals surface area contributed by atoms with Crippen LogP contribution in [0.5, 0.6) is 0 Å². The van der Waals surface area contributed by atoms with Gasteiger partial charge < -0.3 is 5.11 Å². The lowest BCUT2D eigenvalue weighted by molar-refractivity contribution is -0.385. The van der Waals surface area contributed by atoms with Crippen molar-refractivity contribution in [2.24, 2.45) is 10.1 Å². The van der Waals surface area contributed by atoms with Gasteiger partial charge in [0.1, 0.15) is 11.3 Å². The average Bonchev–Trinajstić information content (AvgIpc) is 2.87. The zero-order valence-corrected chi connectivity index (χ0v) is 14.7. The third-order valence-corrected chi connectivity index (χ3v) is 4.89. The fourth-order valence-electron chi connectivity index (χ4n) is 2.80. The molecule has 0 amide bonds. The molecule has 0 fully saturated rings. The number of primary sulfonamides is 1. The van der Waals surface area contributed by atoms with Gasteiger partial charge in [-0.3, -0.25) is 14.9 Å². The molecule has 0 saturated heterocycles. The number of aliphatic imine (C=N–C) groups is 1. The number of carbonyl (C=O) groups is 1. The molecule has 0 unspecified atom stereocenters. The molecular formula is C17H13N3O6S. The average molecular weight is 387 g/mol. The Bertz CT molecular complexity index is 1150. The molecule has 10 heteroatoms. The Labute approximate surface area is 153 Å². The number of Topliss-reactive ketones (excluding diaryl/α,β-unsaturated/α-hetero) is 1. The predicted molar refractivity (Wildman–Crippen MR) is 97.3 cm³/mol. The Morgan fingerprint density at radius 3 is 2.33 bits per heavy atom. The summed E-state index contributed by atoms with van der Waals surface area (Å²) in [6.45, 7) is 1.21. The van der Waals surface area contributed by atoms with Crippen molar-refractivity contribution in [2.75, 3.05) is 0 Å². The van der Waals surface area contributed by atoms with Gasteiger partial charge in [0.25, 0.3) is 5.69 Å². The number of sulfonamides is 1. The number of carbonyl (C=O) groups excluding carboxylic acids is 1. The zero-order valence-electron chi connectivity index (χ0n) is 13.9. The summed E-state index contributed by atoms with van der Waals surface area (Å²) >= 11 is 0. The minimum Gasteiger partial charge on any atom is -0.506 e. The van der Waals surface area contributed by atoms with Gasteiger partial charge in [-0.1, -0.05) is 12.1 Å². The van der Waals surface area contributed by atoms with Crippen LogP contribution in [0.1, 0.15) is 18.1 Å². The summed E-state index contributed by atoms with van der Waals surface area (Å²) in [4.78, 5) is 26.8. The first-order valence-electron chi connectivity index (χ1n) is 7.55. The molecule has 1 aliphatic carbocycles. The largest absolute Gasteiger partial charge is 0.506 e. The number of benzene rings is 2. The van der Waals surface area contributed by atoms with Crippen molar-refractivity contribution in [3.63, 3.8) is 0 Å². The second-order valence-corrected chi connectivity index (χ2v) is 7.30. The number of aliphatic hydroxyl groups is 1. The Hall–Kier alpha value is -3.37. The Kier molecular flexibility index (Phi) is 4.38. The fourth-order valence-corrected chi connectivity index (χ4v) is 3.31. The van der Waals surface area contributed by atoms with Crippen LogP contribution in [-0.2, 0) is 14.8 Å². The Balaban J connectivity index is 2.21. The van der Waals surface area contributed by atoms with Crippen LogP contribution in [0.15, 0.2) is 57.9 Å². The molecule has 2 aromatic carbocycles. The number of nitrogens with zero attached hydrogens (tertiary/aromatic N) is 2. The lowest BCUT2D eigenvalue weighted by Crippen LogP contribution is -2.11. The third-order valence-electron chi connectivity index (χ3n) is 3.96. The number of nitrogens with two attached hydrogens (primary N) is 1. The van der Waals surface area contributed by atoms with E-state index < -0.39 is 26.5 Å². The van der Waals surface area contributed by atoms with E-state index in [1.54, 1.807) is 0 Å². The number of nitro benzene ring substituents is 1. The van der Waals surface area contributed by atoms with Crippen molar-refractivity contribution in [1.29, 1.82) is 0 Å². The minimum atomic E-state index is -3.87. The van der Waals surface area contributed by atoms with E-state index in [1.807, 2.05) is 0 Å². The van der Waals surface area contributed by atoms with E-state index in [9.17, 15) is 28.4 Å². The molecule has 0 saturated carbocycles. The van der Waals surface area contributed by atoms with E-state index >= 15 is 0 Å². The Morgan fingerprint density at radius 2 is 1.81 bits per heavy atom. The summed E-state index contributed by atoms with van der Waals surface area (Å²) in [5.74, 6) is -1.03. The highest BCUT2D eigenvalue weighted by atomic mass is 32.2. The van der Waals surface area contributed by atoms with Gasteiger partial charge in [-0.05, 0) is 31.2 Å². The van der Waals surface area contributed by atoms with Gasteiger partial charge in [0.15, 0.2) is 5.78 Å². The number of hydrogen-bond acceptors (Lipinski definition) is 7. The maximum atomic E-state index is 12.0. The number of ketones is 1. The monoisotopic (exact) mass is 387 g/mol. The maximum absolute atomic E-state index is 12.0. The number of allylic oxidation sites excluding steroid dienone is 1. The lowest BCUT2D eigenvalue weighted by atomic mass is 10.0. The second-order valence-electron chi connectivity index (χ2n) is 5.74. The highest BCUT2D eigenvalue weighted by Crippen LogP contribution is 2.39. The van der Waals surface area contributed by atoms with Gasteiger partial charge in [0.2, 0.25) is 10.0 Å². The normalized spacial score (nSPS) is 15.1. The van der Waals surface area contributed by atoms with Crippen LogP contribution >= 0.6 is 0 Å². The van der Waals surface area contributed by atoms with Crippen LogP contribution in [-0.4, -0.2) is 29.9 Å². The summed E-state index contributed by atoms with van der Waals surface area (Å²) < 4.78 is 22.7. The first-order chi connectivity index (χ1) is 12.6. The molecule has 0 aromatic heterocycles. The second kappa shape index (κ2) is 6.41. The quantitative estimate of drug-likeness (QED) is 0.606. The molecule has 0 aliphatic heterocycles. The third kappa shape index (κ3) is 3.23. The molecule has 0 radical (unpaired) electrons. The molecule has 0 spiro atoms. The first kappa shape index (κ1) is 18.4. The molecule has 27 heavy (non-hydrogen) atoms. The number of nitro groups is 1. The molecule has 3 N–H and O–H groups in total. The van der Waals surface area contributed by atoms with Gasteiger partial charge in [0, 0.05) is 11.6 Å². The van der Waals surface area contributed by atoms with E-state index in [1.165, 1.54) is 49.4 Å². The van der Waals surface area contributed by atoms with E-state index in [4.69, 9.17) is 5.14 Å². The molecular weight excluding hydrogens is 374 g/mol. The van der Waals surface area contributed by atoms with Crippen molar-refractivity contribution in [2.45, 2.75) is 11.8 Å². The molecule has 0 atom stereocenters. The van der Waals surface area contributed by atoms with Crippen LogP contribution in [0.2, 0.25) is 0 Å². The number of fused-ring (bicyclic) bond motifs is 1. The van der Waals surface area contributed by atoms with Crippen LogP contribution in [0, 0.1) is 10.1 Å². The zero-order chi connectivity index (χ0) is 19.9. The summed E-state index contributed by atoms with van der Waals surface area (Å²) in [5, 5.41) is 26.7. The van der Waals surface area contributed by atoms with Crippen molar-refractivity contribution in [1.82, 2.24) is 0 Å². The van der Waals surface area contributed by atoms with Gasteiger partial charge in [-0.15, -0.1) is 0 Å². The maximum Gasteiger partial charge on any atom is 0.281 e. The number of aliphatic hydroxyl groups excluding tert-OH is 1. The van der Waals surface area contributed by atoms with E-state index in [2.05, 4.69) is 4.99 Å². The highest BCUT2D eigenvalue weighted by Gasteiger charge is 2.36. The van der Waals surface area contributed by atoms with Crippen LogP contribution in [0.4, 0.5) is 11.4 Å². The standard InChI is InChI=1S/C17H13N3O6S/c1-9(21)14-16(19-10-5-7-11(8-6-10)27(18,25)26)12-3-2-4-13(20(23)24)15(12)17(14)22/h2-8,22H,1H3,(H2,18,25,26). The smallest absolute Gasteiger partial charge is 0.281 e. The van der Waals surface area contributed by atoms with E-state index in [-0.39, 0.29) is 38.7 Å². The van der Waals surface area contributed by atoms with Crippen molar-refractivity contribution >= 4 is 38.7 Å². The topological polar surface area (TPSA) is 153 Å². The Morgan fingerprint density at radius 1 is 1.19 bits per heavy atom.